The molecule has 0 aliphatic rings. The maximum absolute atomic E-state index is 5.64. The molecule has 0 saturated carbocycles. The highest BCUT2D eigenvalue weighted by molar-refractivity contribution is 5.58. The Labute approximate surface area is 83.0 Å². The highest BCUT2D eigenvalue weighted by Gasteiger charge is 2.09. The van der Waals surface area contributed by atoms with Crippen molar-refractivity contribution in [2.75, 3.05) is 19.0 Å². The van der Waals surface area contributed by atoms with Gasteiger partial charge in [-0.1, -0.05) is 6.07 Å². The maximum Gasteiger partial charge on any atom is 0.209 e. The Morgan fingerprint density at radius 1 is 1.43 bits per heavy atom. The standard InChI is InChI=1S/C10H14N4/c1-13(2)10-12-8(7-11)9-5-3-4-6-14(9)10/h3-6H,7,11H2,1-2H3. The molecule has 14 heavy (non-hydrogen) atoms. The summed E-state index contributed by atoms with van der Waals surface area (Å²) in [6.45, 7) is 0.474. The number of anilines is 1. The van der Waals surface area contributed by atoms with E-state index in [0.29, 0.717) is 6.54 Å². The number of fused-ring (bicyclic) bond motifs is 1. The fraction of sp³-hybridized carbons (Fsp3) is 0.300. The number of rotatable bonds is 2. The van der Waals surface area contributed by atoms with Crippen LogP contribution in [-0.4, -0.2) is 23.5 Å². The third-order valence-corrected chi connectivity index (χ3v) is 2.20. The molecule has 0 aromatic carbocycles. The van der Waals surface area contributed by atoms with Crippen molar-refractivity contribution < 1.29 is 0 Å². The van der Waals surface area contributed by atoms with Crippen molar-refractivity contribution in [1.29, 1.82) is 0 Å². The molecule has 0 bridgehead atoms. The van der Waals surface area contributed by atoms with Gasteiger partial charge in [0.1, 0.15) is 0 Å². The molecule has 2 aromatic heterocycles. The van der Waals surface area contributed by atoms with Crippen LogP contribution in [0.15, 0.2) is 24.4 Å². The predicted molar refractivity (Wildman–Crippen MR) is 57.4 cm³/mol. The van der Waals surface area contributed by atoms with E-state index in [0.717, 1.165) is 17.2 Å². The van der Waals surface area contributed by atoms with Gasteiger partial charge in [-0.3, -0.25) is 4.40 Å². The van der Waals surface area contributed by atoms with Crippen LogP contribution in [0, 0.1) is 0 Å². The lowest BCUT2D eigenvalue weighted by Crippen LogP contribution is -2.12. The molecule has 2 aromatic rings. The second kappa shape index (κ2) is 3.31. The summed E-state index contributed by atoms with van der Waals surface area (Å²) < 4.78 is 2.04. The molecule has 0 unspecified atom stereocenters. The van der Waals surface area contributed by atoms with Gasteiger partial charge >= 0.3 is 0 Å². The predicted octanol–water partition coefficient (Wildman–Crippen LogP) is 0.859. The minimum atomic E-state index is 0.474. The molecule has 4 heteroatoms. The van der Waals surface area contributed by atoms with Gasteiger partial charge < -0.3 is 10.6 Å². The molecule has 2 heterocycles. The average molecular weight is 190 g/mol. The molecule has 0 radical (unpaired) electrons. The lowest BCUT2D eigenvalue weighted by atomic mass is 10.3. The van der Waals surface area contributed by atoms with Crippen LogP contribution in [0.3, 0.4) is 0 Å². The molecule has 0 aliphatic carbocycles. The molecule has 0 amide bonds. The first-order valence-electron chi connectivity index (χ1n) is 4.57. The first kappa shape index (κ1) is 9.02. The molecule has 2 rings (SSSR count). The average Bonchev–Trinajstić information content (AvgIpc) is 2.56. The minimum absolute atomic E-state index is 0.474. The van der Waals surface area contributed by atoms with Gasteiger partial charge in [0.05, 0.1) is 11.2 Å². The second-order valence-corrected chi connectivity index (χ2v) is 3.41. The zero-order valence-corrected chi connectivity index (χ0v) is 8.44. The Morgan fingerprint density at radius 2 is 2.21 bits per heavy atom. The number of nitrogens with zero attached hydrogens (tertiary/aromatic N) is 3. The third kappa shape index (κ3) is 1.24. The van der Waals surface area contributed by atoms with Gasteiger partial charge in [0, 0.05) is 26.8 Å². The van der Waals surface area contributed by atoms with Crippen LogP contribution in [0.5, 0.6) is 0 Å². The molecule has 0 atom stereocenters. The van der Waals surface area contributed by atoms with Crippen LogP contribution >= 0.6 is 0 Å². The number of aromatic nitrogens is 2. The van der Waals surface area contributed by atoms with E-state index >= 15 is 0 Å². The second-order valence-electron chi connectivity index (χ2n) is 3.41. The van der Waals surface area contributed by atoms with E-state index in [-0.39, 0.29) is 0 Å². The number of hydrogen-bond acceptors (Lipinski definition) is 3. The molecule has 0 aliphatic heterocycles. The normalized spacial score (nSPS) is 10.8. The minimum Gasteiger partial charge on any atom is -0.348 e. The van der Waals surface area contributed by atoms with Crippen LogP contribution in [0.25, 0.3) is 5.52 Å². The summed E-state index contributed by atoms with van der Waals surface area (Å²) in [5.41, 5.74) is 7.66. The van der Waals surface area contributed by atoms with Gasteiger partial charge in [0.15, 0.2) is 0 Å². The van der Waals surface area contributed by atoms with E-state index in [1.807, 2.05) is 47.8 Å². The first-order chi connectivity index (χ1) is 6.74. The van der Waals surface area contributed by atoms with Crippen molar-refractivity contribution in [3.8, 4) is 0 Å². The molecular formula is C10H14N4. The SMILES string of the molecule is CN(C)c1nc(CN)c2ccccn12. The molecule has 4 nitrogen and oxygen atoms in total. The Morgan fingerprint density at radius 3 is 2.86 bits per heavy atom. The van der Waals surface area contributed by atoms with Crippen molar-refractivity contribution in [2.45, 2.75) is 6.54 Å². The highest BCUT2D eigenvalue weighted by atomic mass is 15.3. The van der Waals surface area contributed by atoms with Gasteiger partial charge in [-0.25, -0.2) is 4.98 Å². The quantitative estimate of drug-likeness (QED) is 0.764. The smallest absolute Gasteiger partial charge is 0.209 e. The first-order valence-corrected chi connectivity index (χ1v) is 4.57. The van der Waals surface area contributed by atoms with Gasteiger partial charge in [-0.2, -0.15) is 0 Å². The van der Waals surface area contributed by atoms with Crippen molar-refractivity contribution in [1.82, 2.24) is 9.38 Å². The van der Waals surface area contributed by atoms with E-state index in [9.17, 15) is 0 Å². The fourth-order valence-corrected chi connectivity index (χ4v) is 1.55. The Balaban J connectivity index is 2.73. The van der Waals surface area contributed by atoms with Crippen molar-refractivity contribution in [2.24, 2.45) is 5.73 Å². The molecule has 0 saturated heterocycles. The van der Waals surface area contributed by atoms with E-state index in [1.165, 1.54) is 0 Å². The molecule has 74 valence electrons. The molecule has 0 spiro atoms. The van der Waals surface area contributed by atoms with Gasteiger partial charge in [0.25, 0.3) is 0 Å². The Bertz CT molecular complexity index is 444. The maximum atomic E-state index is 5.64. The number of pyridine rings is 1. The summed E-state index contributed by atoms with van der Waals surface area (Å²) in [5.74, 6) is 0.918. The largest absolute Gasteiger partial charge is 0.348 e. The van der Waals surface area contributed by atoms with Crippen LogP contribution < -0.4 is 10.6 Å². The lowest BCUT2D eigenvalue weighted by molar-refractivity contribution is 0.970. The summed E-state index contributed by atoms with van der Waals surface area (Å²) in [7, 11) is 3.95. The van der Waals surface area contributed by atoms with Crippen LogP contribution in [0.4, 0.5) is 5.95 Å². The van der Waals surface area contributed by atoms with E-state index < -0.39 is 0 Å². The molecular weight excluding hydrogens is 176 g/mol. The highest BCUT2D eigenvalue weighted by Crippen LogP contribution is 2.17. The van der Waals surface area contributed by atoms with Crippen LogP contribution in [-0.2, 0) is 6.54 Å². The summed E-state index contributed by atoms with van der Waals surface area (Å²) in [4.78, 5) is 6.45. The van der Waals surface area contributed by atoms with Crippen molar-refractivity contribution in [3.63, 3.8) is 0 Å². The van der Waals surface area contributed by atoms with Crippen LogP contribution in [0.2, 0.25) is 0 Å². The third-order valence-electron chi connectivity index (χ3n) is 2.20. The Kier molecular flexibility index (Phi) is 2.13. The summed E-state index contributed by atoms with van der Waals surface area (Å²) in [6, 6.07) is 6.01. The van der Waals surface area contributed by atoms with Gasteiger partial charge in [-0.05, 0) is 12.1 Å². The van der Waals surface area contributed by atoms with E-state index in [2.05, 4.69) is 4.98 Å². The summed E-state index contributed by atoms with van der Waals surface area (Å²) >= 11 is 0. The number of nitrogens with two attached hydrogens (primary N) is 1. The summed E-state index contributed by atoms with van der Waals surface area (Å²) in [6.07, 6.45) is 2.00. The zero-order valence-electron chi connectivity index (χ0n) is 8.44. The number of imidazole rings is 1. The van der Waals surface area contributed by atoms with E-state index in [4.69, 9.17) is 5.73 Å². The number of hydrogen-bond donors (Lipinski definition) is 1. The lowest BCUT2D eigenvalue weighted by Gasteiger charge is -2.09. The van der Waals surface area contributed by atoms with Crippen molar-refractivity contribution in [3.05, 3.63) is 30.1 Å². The fourth-order valence-electron chi connectivity index (χ4n) is 1.55. The molecule has 2 N–H and O–H groups in total. The topological polar surface area (TPSA) is 46.6 Å². The van der Waals surface area contributed by atoms with Crippen LogP contribution in [0.1, 0.15) is 5.69 Å². The monoisotopic (exact) mass is 190 g/mol. The van der Waals surface area contributed by atoms with E-state index in [1.54, 1.807) is 0 Å². The van der Waals surface area contributed by atoms with Crippen molar-refractivity contribution >= 4 is 11.5 Å². The molecule has 0 fully saturated rings. The zero-order chi connectivity index (χ0) is 10.1. The Hall–Kier alpha value is -1.55. The van der Waals surface area contributed by atoms with Gasteiger partial charge in [-0.15, -0.1) is 0 Å². The summed E-state index contributed by atoms with van der Waals surface area (Å²) in [5, 5.41) is 0. The van der Waals surface area contributed by atoms with Gasteiger partial charge in [0.2, 0.25) is 5.95 Å².